The largest absolute Gasteiger partial charge is 0.481 e. The number of halogens is 1. The topological polar surface area (TPSA) is 66.4 Å². The molecule has 0 fully saturated rings. The predicted molar refractivity (Wildman–Crippen MR) is 76.9 cm³/mol. The molecule has 2 rings (SSSR count). The number of aliphatic carboxylic acids is 1. The fourth-order valence-electron chi connectivity index (χ4n) is 2.00. The number of amides is 1. The van der Waals surface area contributed by atoms with E-state index in [1.54, 1.807) is 37.3 Å². The molecule has 0 aliphatic heterocycles. The molecule has 0 saturated heterocycles. The van der Waals surface area contributed by atoms with E-state index >= 15 is 0 Å². The van der Waals surface area contributed by atoms with Gasteiger partial charge in [0.05, 0.1) is 6.42 Å². The summed E-state index contributed by atoms with van der Waals surface area (Å²) in [5, 5.41) is 11.4. The number of nitrogens with one attached hydrogen (secondary N) is 1. The average molecular weight is 287 g/mol. The van der Waals surface area contributed by atoms with Crippen LogP contribution in [0.1, 0.15) is 21.5 Å². The average Bonchev–Trinajstić information content (AvgIpc) is 2.37. The van der Waals surface area contributed by atoms with Crippen molar-refractivity contribution in [2.24, 2.45) is 0 Å². The Hall–Kier alpha value is -2.69. The first-order valence-corrected chi connectivity index (χ1v) is 6.33. The van der Waals surface area contributed by atoms with Crippen LogP contribution in [0, 0.1) is 12.7 Å². The van der Waals surface area contributed by atoms with Crippen molar-refractivity contribution in [3.63, 3.8) is 0 Å². The van der Waals surface area contributed by atoms with Crippen molar-refractivity contribution in [2.45, 2.75) is 13.3 Å². The molecule has 0 aromatic heterocycles. The fourth-order valence-corrected chi connectivity index (χ4v) is 2.00. The molecular weight excluding hydrogens is 273 g/mol. The third-order valence-corrected chi connectivity index (χ3v) is 2.84. The van der Waals surface area contributed by atoms with Gasteiger partial charge in [-0.05, 0) is 48.4 Å². The second kappa shape index (κ2) is 6.17. The van der Waals surface area contributed by atoms with E-state index < -0.39 is 17.7 Å². The van der Waals surface area contributed by atoms with Crippen LogP contribution in [0.5, 0.6) is 0 Å². The number of hydrogen-bond donors (Lipinski definition) is 2. The summed E-state index contributed by atoms with van der Waals surface area (Å²) >= 11 is 0. The van der Waals surface area contributed by atoms with Crippen molar-refractivity contribution in [2.75, 3.05) is 5.32 Å². The number of carbonyl (C=O) groups excluding carboxylic acids is 1. The molecule has 0 saturated carbocycles. The van der Waals surface area contributed by atoms with Crippen molar-refractivity contribution in [3.05, 3.63) is 65.0 Å². The van der Waals surface area contributed by atoms with E-state index in [2.05, 4.69) is 5.32 Å². The van der Waals surface area contributed by atoms with Crippen LogP contribution in [0.2, 0.25) is 0 Å². The Morgan fingerprint density at radius 3 is 2.62 bits per heavy atom. The van der Waals surface area contributed by atoms with E-state index in [0.717, 1.165) is 6.07 Å². The van der Waals surface area contributed by atoms with Gasteiger partial charge in [0.15, 0.2) is 0 Å². The van der Waals surface area contributed by atoms with Crippen LogP contribution in [-0.2, 0) is 11.2 Å². The Balaban J connectivity index is 2.17. The summed E-state index contributed by atoms with van der Waals surface area (Å²) in [6.07, 6.45) is -0.122. The van der Waals surface area contributed by atoms with Crippen molar-refractivity contribution in [3.8, 4) is 0 Å². The molecule has 4 nitrogen and oxygen atoms in total. The van der Waals surface area contributed by atoms with Gasteiger partial charge in [-0.1, -0.05) is 12.1 Å². The molecule has 2 aromatic rings. The minimum absolute atomic E-state index is 0.122. The maximum Gasteiger partial charge on any atom is 0.307 e. The number of benzene rings is 2. The standard InChI is InChI=1S/C16H14FNO3/c1-10-5-12(9-13(17)6-10)16(21)18-14-4-2-3-11(7-14)8-15(19)20/h2-7,9H,8H2,1H3,(H,18,21)(H,19,20). The zero-order valence-electron chi connectivity index (χ0n) is 11.4. The van der Waals surface area contributed by atoms with Crippen LogP contribution in [0.3, 0.4) is 0 Å². The zero-order chi connectivity index (χ0) is 15.4. The maximum atomic E-state index is 13.3. The highest BCUT2D eigenvalue weighted by atomic mass is 19.1. The molecule has 0 spiro atoms. The number of rotatable bonds is 4. The molecule has 0 atom stereocenters. The molecule has 21 heavy (non-hydrogen) atoms. The lowest BCUT2D eigenvalue weighted by Gasteiger charge is -2.07. The van der Waals surface area contributed by atoms with Gasteiger partial charge < -0.3 is 10.4 Å². The van der Waals surface area contributed by atoms with Gasteiger partial charge in [-0.3, -0.25) is 9.59 Å². The molecular formula is C16H14FNO3. The molecule has 1 amide bonds. The van der Waals surface area contributed by atoms with Crippen molar-refractivity contribution in [1.29, 1.82) is 0 Å². The van der Waals surface area contributed by atoms with Crippen LogP contribution >= 0.6 is 0 Å². The van der Waals surface area contributed by atoms with Gasteiger partial charge in [0, 0.05) is 11.3 Å². The fraction of sp³-hybridized carbons (Fsp3) is 0.125. The van der Waals surface area contributed by atoms with Gasteiger partial charge in [-0.25, -0.2) is 4.39 Å². The van der Waals surface area contributed by atoms with E-state index in [1.807, 2.05) is 0 Å². The number of hydrogen-bond acceptors (Lipinski definition) is 2. The van der Waals surface area contributed by atoms with Gasteiger partial charge >= 0.3 is 5.97 Å². The van der Waals surface area contributed by atoms with Crippen LogP contribution in [-0.4, -0.2) is 17.0 Å². The smallest absolute Gasteiger partial charge is 0.307 e. The summed E-state index contributed by atoms with van der Waals surface area (Å²) < 4.78 is 13.3. The van der Waals surface area contributed by atoms with Gasteiger partial charge in [-0.2, -0.15) is 0 Å². The van der Waals surface area contributed by atoms with Crippen LogP contribution in [0.25, 0.3) is 0 Å². The Morgan fingerprint density at radius 2 is 1.95 bits per heavy atom. The van der Waals surface area contributed by atoms with Crippen molar-refractivity contribution >= 4 is 17.6 Å². The lowest BCUT2D eigenvalue weighted by Crippen LogP contribution is -2.12. The second-order valence-electron chi connectivity index (χ2n) is 4.74. The number of carboxylic acids is 1. The second-order valence-corrected chi connectivity index (χ2v) is 4.74. The Morgan fingerprint density at radius 1 is 1.19 bits per heavy atom. The Bertz CT molecular complexity index is 677. The minimum Gasteiger partial charge on any atom is -0.481 e. The van der Waals surface area contributed by atoms with Gasteiger partial charge in [0.25, 0.3) is 5.91 Å². The molecule has 0 unspecified atom stereocenters. The quantitative estimate of drug-likeness (QED) is 0.908. The molecule has 0 heterocycles. The van der Waals surface area contributed by atoms with E-state index in [-0.39, 0.29) is 12.0 Å². The minimum atomic E-state index is -0.945. The van der Waals surface area contributed by atoms with E-state index in [9.17, 15) is 14.0 Å². The van der Waals surface area contributed by atoms with E-state index in [1.165, 1.54) is 6.07 Å². The number of carboxylic acid groups (broad SMARTS) is 1. The monoisotopic (exact) mass is 287 g/mol. The van der Waals surface area contributed by atoms with Crippen LogP contribution in [0.4, 0.5) is 10.1 Å². The van der Waals surface area contributed by atoms with E-state index in [0.29, 0.717) is 16.8 Å². The number of aryl methyl sites for hydroxylation is 1. The Kier molecular flexibility index (Phi) is 4.33. The van der Waals surface area contributed by atoms with Crippen LogP contribution < -0.4 is 5.32 Å². The molecule has 0 bridgehead atoms. The number of carbonyl (C=O) groups is 2. The lowest BCUT2D eigenvalue weighted by atomic mass is 10.1. The van der Waals surface area contributed by atoms with E-state index in [4.69, 9.17) is 5.11 Å². The lowest BCUT2D eigenvalue weighted by molar-refractivity contribution is -0.136. The first-order chi connectivity index (χ1) is 9.94. The maximum absolute atomic E-state index is 13.3. The predicted octanol–water partition coefficient (Wildman–Crippen LogP) is 3.01. The van der Waals surface area contributed by atoms with Crippen molar-refractivity contribution in [1.82, 2.24) is 0 Å². The molecule has 0 aliphatic rings. The molecule has 2 N–H and O–H groups in total. The van der Waals surface area contributed by atoms with Crippen molar-refractivity contribution < 1.29 is 19.1 Å². The summed E-state index contributed by atoms with van der Waals surface area (Å²) in [6.45, 7) is 1.70. The highest BCUT2D eigenvalue weighted by Gasteiger charge is 2.09. The Labute approximate surface area is 121 Å². The molecule has 5 heteroatoms. The summed E-state index contributed by atoms with van der Waals surface area (Å²) in [5.74, 6) is -1.86. The highest BCUT2D eigenvalue weighted by molar-refractivity contribution is 6.04. The summed E-state index contributed by atoms with van der Waals surface area (Å²) in [7, 11) is 0. The molecule has 108 valence electrons. The third kappa shape index (κ3) is 4.14. The SMILES string of the molecule is Cc1cc(F)cc(C(=O)Nc2cccc(CC(=O)O)c2)c1. The van der Waals surface area contributed by atoms with Gasteiger partial charge in [-0.15, -0.1) is 0 Å². The zero-order valence-corrected chi connectivity index (χ0v) is 11.4. The number of anilines is 1. The summed E-state index contributed by atoms with van der Waals surface area (Å²) in [5.41, 5.74) is 1.92. The summed E-state index contributed by atoms with van der Waals surface area (Å²) in [4.78, 5) is 22.7. The first-order valence-electron chi connectivity index (χ1n) is 6.33. The first kappa shape index (κ1) is 14.7. The van der Waals surface area contributed by atoms with Gasteiger partial charge in [0.1, 0.15) is 5.82 Å². The summed E-state index contributed by atoms with van der Waals surface area (Å²) in [6, 6.07) is 10.6. The molecule has 0 aliphatic carbocycles. The molecule has 2 aromatic carbocycles. The van der Waals surface area contributed by atoms with Crippen LogP contribution in [0.15, 0.2) is 42.5 Å². The normalized spacial score (nSPS) is 10.2. The highest BCUT2D eigenvalue weighted by Crippen LogP contribution is 2.14. The molecule has 0 radical (unpaired) electrons. The van der Waals surface area contributed by atoms with Gasteiger partial charge in [0.2, 0.25) is 0 Å². The third-order valence-electron chi connectivity index (χ3n) is 2.84.